The zero-order valence-electron chi connectivity index (χ0n) is 25.4. The van der Waals surface area contributed by atoms with Gasteiger partial charge in [0.05, 0.1) is 16.6 Å². The standard InChI is InChI=1S/C8H9FO5S.C7H10O4S.C2H3FO2.CH3FO3S.CH4O.CH4.FHO3S.I2.2Na/c9-8(10)13-6-3-1-4-5(2-3)15(11,12)14-7(4)6;8-6-3-1-4-5(2-3)12(9,10)11-7(4)6;3-1-2(4)5;2-1-6(3,4)5;1-2;;1-5(2,3)4;1-2;;/h3-7H,1-2H2;3-8H,1-2H2;1H2,(H,4,5);1H2,(H,3,4,5);2H,1H3;1H4;(H,2,3,4);;;/q;;;;;;;;2*+1/p-2. The van der Waals surface area contributed by atoms with Crippen molar-refractivity contribution in [1.82, 2.24) is 0 Å². The average molecular weight is 1060 g/mol. The van der Waals surface area contributed by atoms with Gasteiger partial charge in [-0.2, -0.15) is 16.8 Å². The summed E-state index contributed by atoms with van der Waals surface area (Å²) in [6.45, 7) is -1.28. The summed E-state index contributed by atoms with van der Waals surface area (Å²) in [6.07, 6.45) is -1.70. The van der Waals surface area contributed by atoms with Gasteiger partial charge in [-0.1, -0.05) is 7.43 Å². The Kier molecular flexibility index (Phi) is 29.2. The molecule has 288 valence electrons. The van der Waals surface area contributed by atoms with Crippen molar-refractivity contribution in [3.8, 4) is 0 Å². The molecule has 0 amide bonds. The van der Waals surface area contributed by atoms with Crippen molar-refractivity contribution >= 4 is 90.3 Å². The van der Waals surface area contributed by atoms with E-state index in [1.165, 1.54) is 0 Å². The Morgan fingerprint density at radius 1 is 0.860 bits per heavy atom. The van der Waals surface area contributed by atoms with E-state index in [0.29, 0.717) is 19.3 Å². The van der Waals surface area contributed by atoms with Crippen molar-refractivity contribution in [3.05, 3.63) is 0 Å². The molecule has 4 aliphatic carbocycles. The van der Waals surface area contributed by atoms with E-state index in [-0.39, 0.29) is 95.5 Å². The van der Waals surface area contributed by atoms with E-state index in [0.717, 1.165) is 13.5 Å². The number of carboxylic acid groups (broad SMARTS) is 1. The summed E-state index contributed by atoms with van der Waals surface area (Å²) in [7, 11) is -15.8. The van der Waals surface area contributed by atoms with Crippen molar-refractivity contribution in [3.63, 3.8) is 0 Å². The van der Waals surface area contributed by atoms with Crippen LogP contribution in [-0.2, 0) is 58.8 Å². The fourth-order valence-corrected chi connectivity index (χ4v) is 9.82. The van der Waals surface area contributed by atoms with Crippen LogP contribution in [0.5, 0.6) is 0 Å². The molecule has 6 aliphatic rings. The average Bonchev–Trinajstić information content (AvgIpc) is 3.76. The number of halogens is 6. The van der Waals surface area contributed by atoms with E-state index in [2.05, 4.69) is 42.0 Å². The van der Waals surface area contributed by atoms with Crippen molar-refractivity contribution in [1.29, 1.82) is 0 Å². The topological polar surface area (TPSA) is 305 Å². The SMILES string of the molecule is C.CO.II.O=C(F)OC1C2CC3C1OS(=O)(=O)C3C2.O=C(O)CF.O=S(=O)([O-])CF.O=S(=O)([O-])F.O=S1(=O)OC2C(O)C3CC2C1C3.[Na+].[Na+]. The summed E-state index contributed by atoms with van der Waals surface area (Å²) < 4.78 is 155. The molecule has 50 heavy (non-hydrogen) atoms. The van der Waals surface area contributed by atoms with Gasteiger partial charge in [0.2, 0.25) is 0 Å². The van der Waals surface area contributed by atoms with Gasteiger partial charge in [0, 0.05) is 62.1 Å². The number of aliphatic hydroxyl groups excluding tert-OH is 2. The van der Waals surface area contributed by atoms with Gasteiger partial charge in [0.1, 0.15) is 28.4 Å². The number of fused-ring (bicyclic) bond motifs is 2. The minimum Gasteiger partial charge on any atom is -0.746 e. The van der Waals surface area contributed by atoms with Crippen LogP contribution < -0.4 is 59.1 Å². The first-order chi connectivity index (χ1) is 21.4. The van der Waals surface area contributed by atoms with Crippen LogP contribution in [0.25, 0.3) is 0 Å². The molecule has 3 N–H and O–H groups in total. The zero-order chi connectivity index (χ0) is 37.3. The molecule has 0 aromatic heterocycles. The van der Waals surface area contributed by atoms with E-state index in [1.807, 2.05) is 0 Å². The van der Waals surface area contributed by atoms with Crippen LogP contribution >= 0.6 is 37.2 Å². The van der Waals surface area contributed by atoms with Gasteiger partial charge in [-0.25, -0.2) is 35.2 Å². The first-order valence-electron chi connectivity index (χ1n) is 12.3. The summed E-state index contributed by atoms with van der Waals surface area (Å²) in [5, 5.41) is 23.1. The van der Waals surface area contributed by atoms with E-state index in [4.69, 9.17) is 49.3 Å². The van der Waals surface area contributed by atoms with Crippen LogP contribution in [0.1, 0.15) is 33.1 Å². The monoisotopic (exact) mass is 1060 g/mol. The molecule has 6 fully saturated rings. The van der Waals surface area contributed by atoms with Crippen molar-refractivity contribution in [2.24, 2.45) is 23.7 Å². The van der Waals surface area contributed by atoms with Crippen LogP contribution in [0.3, 0.4) is 0 Å². The maximum atomic E-state index is 12.1. The third kappa shape index (κ3) is 18.1. The molecule has 2 saturated heterocycles. The Labute approximate surface area is 354 Å². The number of carboxylic acids is 1. The number of ether oxygens (including phenoxy) is 1. The number of carbonyl (C=O) groups is 2. The number of alkyl halides is 2. The Balaban J connectivity index is -0.000000273. The number of hydrogen-bond donors (Lipinski definition) is 3. The predicted octanol–water partition coefficient (Wildman–Crippen LogP) is -4.98. The second kappa shape index (κ2) is 25.0. The first kappa shape index (κ1) is 58.4. The fourth-order valence-electron chi connectivity index (χ4n) is 6.05. The van der Waals surface area contributed by atoms with Gasteiger partial charge >= 0.3 is 71.3 Å². The summed E-state index contributed by atoms with van der Waals surface area (Å²) in [5.41, 5.74) is 0. The number of hydrogen-bond acceptors (Lipinski definition) is 17. The first-order valence-corrected chi connectivity index (χ1v) is 24.4. The predicted molar refractivity (Wildman–Crippen MR) is 168 cm³/mol. The molecular weight excluding hydrogens is 1030 g/mol. The van der Waals surface area contributed by atoms with Crippen LogP contribution in [0.2, 0.25) is 0 Å². The van der Waals surface area contributed by atoms with Crippen LogP contribution in [0.15, 0.2) is 0 Å². The quantitative estimate of drug-likeness (QED) is 0.0596. The molecule has 4 bridgehead atoms. The molecule has 10 unspecified atom stereocenters. The van der Waals surface area contributed by atoms with Crippen LogP contribution in [0, 0.1) is 23.7 Å². The van der Waals surface area contributed by atoms with Crippen molar-refractivity contribution in [2.75, 3.05) is 19.8 Å². The van der Waals surface area contributed by atoms with Crippen molar-refractivity contribution < 1.29 is 157 Å². The third-order valence-corrected chi connectivity index (χ3v) is 11.2. The number of rotatable bonds is 3. The molecular formula is C20H32F4I2Na2O18S4. The largest absolute Gasteiger partial charge is 1.00 e. The molecule has 0 spiro atoms. The maximum Gasteiger partial charge on any atom is 1.00 e. The van der Waals surface area contributed by atoms with E-state index in [9.17, 15) is 43.8 Å². The van der Waals surface area contributed by atoms with Gasteiger partial charge in [-0.3, -0.25) is 8.37 Å². The molecule has 0 aromatic rings. The molecule has 10 atom stereocenters. The summed E-state index contributed by atoms with van der Waals surface area (Å²) in [6, 6.07) is -1.81. The Morgan fingerprint density at radius 2 is 1.18 bits per heavy atom. The Bertz CT molecular complexity index is 1490. The minimum atomic E-state index is -5.42. The second-order valence-corrected chi connectivity index (χ2v) is 15.6. The molecule has 2 aliphatic heterocycles. The summed E-state index contributed by atoms with van der Waals surface area (Å²) in [4.78, 5) is 19.2. The maximum absolute atomic E-state index is 12.1. The molecule has 0 aromatic carbocycles. The third-order valence-electron chi connectivity index (χ3n) is 7.34. The number of aliphatic hydroxyl groups is 2. The normalized spacial score (nSPS) is 32.7. The van der Waals surface area contributed by atoms with Gasteiger partial charge < -0.3 is 29.2 Å². The summed E-state index contributed by atoms with van der Waals surface area (Å²) in [5.74, 6) is -1.35. The van der Waals surface area contributed by atoms with E-state index >= 15 is 0 Å². The molecule has 2 heterocycles. The van der Waals surface area contributed by atoms with Gasteiger partial charge in [0.15, 0.2) is 12.7 Å². The van der Waals surface area contributed by atoms with Crippen molar-refractivity contribution in [2.45, 2.75) is 68.0 Å². The molecule has 6 rings (SSSR count). The molecule has 0 radical (unpaired) electrons. The molecule has 4 saturated carbocycles. The molecule has 18 nitrogen and oxygen atoms in total. The van der Waals surface area contributed by atoms with Gasteiger partial charge in [-0.05, 0) is 31.6 Å². The fraction of sp³-hybridized carbons (Fsp3) is 0.900. The second-order valence-electron chi connectivity index (χ2n) is 9.87. The van der Waals surface area contributed by atoms with Crippen LogP contribution in [0.4, 0.5) is 21.9 Å². The van der Waals surface area contributed by atoms with Gasteiger partial charge in [-0.15, -0.1) is 8.28 Å². The van der Waals surface area contributed by atoms with E-state index in [1.54, 1.807) is 0 Å². The summed E-state index contributed by atoms with van der Waals surface area (Å²) >= 11 is 4.24. The number of aliphatic carboxylic acids is 1. The Morgan fingerprint density at radius 3 is 1.48 bits per heavy atom. The smallest absolute Gasteiger partial charge is 0.746 e. The minimum absolute atomic E-state index is 0. The molecule has 30 heteroatoms. The zero-order valence-corrected chi connectivity index (χ0v) is 37.0. The Hall–Kier alpha value is 1.68. The van der Waals surface area contributed by atoms with Gasteiger partial charge in [0.25, 0.3) is 30.7 Å². The number of carbonyl (C=O) groups excluding carboxylic acids is 1. The van der Waals surface area contributed by atoms with E-state index < -0.39 is 95.4 Å². The van der Waals surface area contributed by atoms with Crippen LogP contribution in [-0.4, -0.2) is 125 Å².